The molecule has 0 saturated heterocycles. The van der Waals surface area contributed by atoms with Crippen LogP contribution in [0.25, 0.3) is 111 Å². The quantitative estimate of drug-likeness (QED) is 0.127. The molecule has 0 radical (unpaired) electrons. The molecule has 0 atom stereocenters. The largest absolute Gasteiger partial charge is 0.254 e. The lowest BCUT2D eigenvalue weighted by molar-refractivity contribution is 1.35. The van der Waals surface area contributed by atoms with Crippen molar-refractivity contribution in [2.45, 2.75) is 0 Å². The minimum atomic E-state index is 0.688. The topological polar surface area (TPSA) is 103 Å². The standard InChI is InChI=1S/C44H16N8/c1-2-10-26-22-34-36(52-44-32-16-8-20-48-40(32)39-31(43(44)50-34)15-7-19-47-39)24-28(26)12-4-3-11-27-23-35-33(21-25(27)9-1)49-41-29-13-5-17-45-37(29)38-30(42(41)51-35)14-6-18-46-38/h5-8,13-24H. The summed E-state index contributed by atoms with van der Waals surface area (Å²) in [5.74, 6) is 0. The Hall–Kier alpha value is -8.04. The van der Waals surface area contributed by atoms with Crippen molar-refractivity contribution >= 4 is 111 Å². The van der Waals surface area contributed by atoms with Crippen molar-refractivity contribution < 1.29 is 0 Å². The van der Waals surface area contributed by atoms with Crippen LogP contribution >= 0.6 is 0 Å². The molecule has 0 unspecified atom stereocenters. The molecule has 0 N–H and O–H groups in total. The van der Waals surface area contributed by atoms with Gasteiger partial charge >= 0.3 is 0 Å². The molecule has 1 aliphatic carbocycles. The number of rotatable bonds is 0. The Morgan fingerprint density at radius 3 is 0.808 bits per heavy atom. The summed E-state index contributed by atoms with van der Waals surface area (Å²) in [7, 11) is 0. The highest BCUT2D eigenvalue weighted by Crippen LogP contribution is 2.32. The van der Waals surface area contributed by atoms with E-state index in [4.69, 9.17) is 19.9 Å². The number of aromatic nitrogens is 8. The predicted molar refractivity (Wildman–Crippen MR) is 201 cm³/mol. The lowest BCUT2D eigenvalue weighted by Gasteiger charge is -2.08. The average Bonchev–Trinajstić information content (AvgIpc) is 3.19. The molecule has 8 heteroatoms. The third-order valence-electron chi connectivity index (χ3n) is 9.22. The summed E-state index contributed by atoms with van der Waals surface area (Å²) < 4.78 is 0. The summed E-state index contributed by atoms with van der Waals surface area (Å²) in [6.45, 7) is 0. The maximum Gasteiger partial charge on any atom is 0.0996 e. The molecule has 11 rings (SSSR count). The fraction of sp³-hybridized carbons (Fsp3) is 0. The van der Waals surface area contributed by atoms with Crippen LogP contribution in [0, 0.1) is 0 Å². The van der Waals surface area contributed by atoms with Crippen molar-refractivity contribution in [3.8, 4) is 0 Å². The number of fused-ring (bicyclic) bond motifs is 16. The monoisotopic (exact) mass is 656 g/mol. The smallest absolute Gasteiger partial charge is 0.0996 e. The second kappa shape index (κ2) is 10.7. The van der Waals surface area contributed by atoms with Gasteiger partial charge in [0.05, 0.1) is 66.2 Å². The van der Waals surface area contributed by atoms with Gasteiger partial charge in [-0.05, 0) is 95.7 Å². The van der Waals surface area contributed by atoms with Gasteiger partial charge in [0.1, 0.15) is 0 Å². The van der Waals surface area contributed by atoms with Crippen LogP contribution in [0.4, 0.5) is 0 Å². The number of nitrogens with zero attached hydrogens (tertiary/aromatic N) is 8. The Balaban J connectivity index is 1.22. The first-order valence-corrected chi connectivity index (χ1v) is 16.3. The van der Waals surface area contributed by atoms with Crippen molar-refractivity contribution in [3.63, 3.8) is 0 Å². The molecule has 0 spiro atoms. The molecule has 6 heterocycles. The van der Waals surface area contributed by atoms with Crippen molar-refractivity contribution in [2.24, 2.45) is 0 Å². The first-order valence-electron chi connectivity index (χ1n) is 16.3. The fourth-order valence-corrected chi connectivity index (χ4v) is 6.90. The van der Waals surface area contributed by atoms with Crippen LogP contribution in [0.3, 0.4) is 0 Å². The Bertz CT molecular complexity index is 3360. The van der Waals surface area contributed by atoms with Gasteiger partial charge in [0.2, 0.25) is 0 Å². The highest BCUT2D eigenvalue weighted by molar-refractivity contribution is 6.22. The average molecular weight is 657 g/mol. The van der Waals surface area contributed by atoms with E-state index in [-0.39, 0.29) is 0 Å². The van der Waals surface area contributed by atoms with Crippen LogP contribution in [-0.2, 0) is 0 Å². The van der Waals surface area contributed by atoms with Crippen LogP contribution in [-0.4, -0.2) is 39.9 Å². The van der Waals surface area contributed by atoms with Gasteiger partial charge in [-0.2, -0.15) is 0 Å². The summed E-state index contributed by atoms with van der Waals surface area (Å²) in [5.41, 5.74) is 33.9. The molecule has 0 saturated carbocycles. The van der Waals surface area contributed by atoms with Gasteiger partial charge in [0.25, 0.3) is 0 Å². The molecule has 0 bridgehead atoms. The molecule has 232 valence electrons. The third kappa shape index (κ3) is 4.17. The van der Waals surface area contributed by atoms with E-state index in [1.54, 1.807) is 24.8 Å². The minimum Gasteiger partial charge on any atom is -0.254 e. The second-order valence-corrected chi connectivity index (χ2v) is 12.2. The van der Waals surface area contributed by atoms with Crippen LogP contribution in [0.2, 0.25) is 0 Å². The first-order chi connectivity index (χ1) is 25.8. The molecule has 0 fully saturated rings. The van der Waals surface area contributed by atoms with Gasteiger partial charge in [-0.1, -0.05) is 22.9 Å². The summed E-state index contributed by atoms with van der Waals surface area (Å²) in [4.78, 5) is 38.8. The number of hydrogen-bond acceptors (Lipinski definition) is 8. The predicted octanol–water partition coefficient (Wildman–Crippen LogP) is 5.04. The molecule has 0 aliphatic heterocycles. The number of hydrogen-bond donors (Lipinski definition) is 0. The van der Waals surface area contributed by atoms with Crippen molar-refractivity contribution in [1.82, 2.24) is 39.9 Å². The normalized spacial score (nSPS) is 11.8. The van der Waals surface area contributed by atoms with E-state index >= 15 is 0 Å². The molecule has 4 aromatic carbocycles. The maximum absolute atomic E-state index is 5.08. The zero-order valence-corrected chi connectivity index (χ0v) is 26.8. The van der Waals surface area contributed by atoms with Crippen molar-refractivity contribution in [3.05, 3.63) is 141 Å². The van der Waals surface area contributed by atoms with Crippen LogP contribution in [0.5, 0.6) is 0 Å². The summed E-state index contributed by atoms with van der Waals surface area (Å²) >= 11 is 0. The van der Waals surface area contributed by atoms with Gasteiger partial charge in [-0.3, -0.25) is 19.9 Å². The zero-order chi connectivity index (χ0) is 34.2. The Kier molecular flexibility index (Phi) is 5.75. The fourth-order valence-electron chi connectivity index (χ4n) is 6.90. The Morgan fingerprint density at radius 1 is 0.308 bits per heavy atom. The van der Waals surface area contributed by atoms with Crippen molar-refractivity contribution in [1.29, 1.82) is 0 Å². The van der Waals surface area contributed by atoms with E-state index in [1.807, 2.05) is 72.8 Å². The molecule has 52 heavy (non-hydrogen) atoms. The first kappa shape index (κ1) is 27.9. The summed E-state index contributed by atoms with van der Waals surface area (Å²) in [5, 5.41) is 6.30. The molecule has 0 amide bonds. The second-order valence-electron chi connectivity index (χ2n) is 12.2. The van der Waals surface area contributed by atoms with Gasteiger partial charge in [-0.15, -0.1) is 0 Å². The van der Waals surface area contributed by atoms with Gasteiger partial charge in [0.15, 0.2) is 0 Å². The highest BCUT2D eigenvalue weighted by Gasteiger charge is 2.15. The Morgan fingerprint density at radius 2 is 0.558 bits per heavy atom. The molecule has 10 aromatic rings. The number of pyridine rings is 4. The molecule has 6 aromatic heterocycles. The Labute approximate surface area is 291 Å². The summed E-state index contributed by atoms with van der Waals surface area (Å²) in [6, 6.07) is 23.2. The number of benzene rings is 4. The van der Waals surface area contributed by atoms with E-state index in [0.717, 1.165) is 65.7 Å². The van der Waals surface area contributed by atoms with Crippen LogP contribution in [0.1, 0.15) is 0 Å². The van der Waals surface area contributed by atoms with E-state index in [9.17, 15) is 0 Å². The van der Waals surface area contributed by atoms with Gasteiger partial charge in [0, 0.05) is 67.2 Å². The van der Waals surface area contributed by atoms with Crippen LogP contribution < -0.4 is 20.9 Å². The lowest BCUT2D eigenvalue weighted by atomic mass is 10.1. The zero-order valence-electron chi connectivity index (χ0n) is 26.8. The third-order valence-corrected chi connectivity index (χ3v) is 9.22. The van der Waals surface area contributed by atoms with E-state index in [1.165, 1.54) is 0 Å². The molecule has 8 nitrogen and oxygen atoms in total. The van der Waals surface area contributed by atoms with Gasteiger partial charge in [-0.25, -0.2) is 19.9 Å². The molecular weight excluding hydrogens is 641 g/mol. The molecular formula is C44H16N8. The lowest BCUT2D eigenvalue weighted by Crippen LogP contribution is -2.22. The van der Waals surface area contributed by atoms with E-state index in [0.29, 0.717) is 42.9 Å². The van der Waals surface area contributed by atoms with E-state index < -0.39 is 0 Å². The minimum absolute atomic E-state index is 0.688. The maximum atomic E-state index is 5.08. The highest BCUT2D eigenvalue weighted by atomic mass is 14.8. The van der Waals surface area contributed by atoms with E-state index in [2.05, 4.69) is 65.8 Å². The summed E-state index contributed by atoms with van der Waals surface area (Å²) in [6.07, 6.45) is 7.07. The van der Waals surface area contributed by atoms with Gasteiger partial charge < -0.3 is 0 Å². The molecule has 1 aliphatic rings. The van der Waals surface area contributed by atoms with Crippen LogP contribution in [0.15, 0.2) is 121 Å². The SMILES string of the molecule is C1=C=C=c2cc3nc4c5cccnc5c5ncccc5c4nc3cc2=C=C=C=C=c2cc3nc4c5cccnc5c5ncccc5c4nc3cc2=C=1. The van der Waals surface area contributed by atoms with Crippen molar-refractivity contribution in [2.75, 3.05) is 0 Å².